The zero-order valence-corrected chi connectivity index (χ0v) is 14.3. The van der Waals surface area contributed by atoms with E-state index in [-0.39, 0.29) is 5.38 Å². The number of aryl methyl sites for hydroxylation is 1. The van der Waals surface area contributed by atoms with Crippen LogP contribution in [-0.4, -0.2) is 6.61 Å². The van der Waals surface area contributed by atoms with Crippen molar-refractivity contribution < 1.29 is 4.74 Å². The molecule has 0 aromatic heterocycles. The Morgan fingerprint density at radius 1 is 1.10 bits per heavy atom. The summed E-state index contributed by atoms with van der Waals surface area (Å²) >= 11 is 19.1. The van der Waals surface area contributed by atoms with Crippen LogP contribution in [-0.2, 0) is 6.42 Å². The van der Waals surface area contributed by atoms with Gasteiger partial charge in [-0.2, -0.15) is 0 Å². The van der Waals surface area contributed by atoms with E-state index in [9.17, 15) is 0 Å². The first kappa shape index (κ1) is 16.5. The van der Waals surface area contributed by atoms with Crippen LogP contribution in [0.4, 0.5) is 0 Å². The minimum Gasteiger partial charge on any atom is -0.492 e. The van der Waals surface area contributed by atoms with E-state index in [0.29, 0.717) is 28.8 Å². The average Bonchev–Trinajstić information content (AvgIpc) is 2.45. The largest absolute Gasteiger partial charge is 0.492 e. The van der Waals surface area contributed by atoms with E-state index in [0.717, 1.165) is 5.56 Å². The van der Waals surface area contributed by atoms with Crippen LogP contribution in [0.15, 0.2) is 36.4 Å². The summed E-state index contributed by atoms with van der Waals surface area (Å²) in [5.41, 5.74) is 3.25. The Bertz CT molecular complexity index is 625. The third kappa shape index (κ3) is 4.06. The first-order valence-corrected chi connectivity index (χ1v) is 8.02. The molecule has 0 saturated carbocycles. The molecule has 2 aromatic carbocycles. The molecule has 2 rings (SSSR count). The van der Waals surface area contributed by atoms with Crippen molar-refractivity contribution in [3.8, 4) is 5.75 Å². The molecule has 1 unspecified atom stereocenters. The lowest BCUT2D eigenvalue weighted by Gasteiger charge is -2.15. The maximum atomic E-state index is 6.54. The van der Waals surface area contributed by atoms with Crippen molar-refractivity contribution in [3.05, 3.63) is 63.1 Å². The number of rotatable bonds is 5. The van der Waals surface area contributed by atoms with Crippen LogP contribution in [0.3, 0.4) is 0 Å². The van der Waals surface area contributed by atoms with Gasteiger partial charge in [-0.3, -0.25) is 0 Å². The standard InChI is InChI=1S/C17H17Cl3O/c1-3-21-17-10-15(19)13(9-16(17)20)14(18)8-12-7-5-4-6-11(12)2/h4-7,9-10,14H,3,8H2,1-2H3. The van der Waals surface area contributed by atoms with Crippen molar-refractivity contribution in [3.63, 3.8) is 0 Å². The number of alkyl halides is 1. The van der Waals surface area contributed by atoms with Gasteiger partial charge in [-0.25, -0.2) is 0 Å². The number of halogens is 3. The van der Waals surface area contributed by atoms with E-state index in [1.807, 2.05) is 19.1 Å². The molecule has 1 nitrogen and oxygen atoms in total. The molecular formula is C17H17Cl3O. The average molecular weight is 344 g/mol. The lowest BCUT2D eigenvalue weighted by atomic mass is 10.00. The van der Waals surface area contributed by atoms with Crippen molar-refractivity contribution in [2.24, 2.45) is 0 Å². The van der Waals surface area contributed by atoms with Crippen LogP contribution >= 0.6 is 34.8 Å². The second-order valence-electron chi connectivity index (χ2n) is 4.84. The molecular weight excluding hydrogens is 327 g/mol. The van der Waals surface area contributed by atoms with Crippen molar-refractivity contribution in [1.82, 2.24) is 0 Å². The summed E-state index contributed by atoms with van der Waals surface area (Å²) in [7, 11) is 0. The fourth-order valence-electron chi connectivity index (χ4n) is 2.19. The van der Waals surface area contributed by atoms with Crippen LogP contribution < -0.4 is 4.74 Å². The second-order valence-corrected chi connectivity index (χ2v) is 6.18. The van der Waals surface area contributed by atoms with E-state index in [1.165, 1.54) is 11.1 Å². The molecule has 21 heavy (non-hydrogen) atoms. The third-order valence-electron chi connectivity index (χ3n) is 3.35. The fraction of sp³-hybridized carbons (Fsp3) is 0.294. The normalized spacial score (nSPS) is 12.2. The molecule has 0 bridgehead atoms. The van der Waals surface area contributed by atoms with E-state index in [4.69, 9.17) is 39.5 Å². The van der Waals surface area contributed by atoms with E-state index in [1.54, 1.807) is 12.1 Å². The molecule has 112 valence electrons. The van der Waals surface area contributed by atoms with Crippen LogP contribution in [0.25, 0.3) is 0 Å². The Morgan fingerprint density at radius 3 is 2.48 bits per heavy atom. The number of hydrogen-bond donors (Lipinski definition) is 0. The highest BCUT2D eigenvalue weighted by molar-refractivity contribution is 6.35. The van der Waals surface area contributed by atoms with Crippen molar-refractivity contribution in [1.29, 1.82) is 0 Å². The molecule has 0 spiro atoms. The highest BCUT2D eigenvalue weighted by Gasteiger charge is 2.16. The maximum Gasteiger partial charge on any atom is 0.139 e. The highest BCUT2D eigenvalue weighted by Crippen LogP contribution is 2.38. The van der Waals surface area contributed by atoms with E-state index < -0.39 is 0 Å². The van der Waals surface area contributed by atoms with Gasteiger partial charge in [0.05, 0.1) is 17.0 Å². The molecule has 0 N–H and O–H groups in total. The van der Waals surface area contributed by atoms with Gasteiger partial charge in [-0.05, 0) is 43.0 Å². The Kier molecular flexibility index (Phi) is 5.80. The second kappa shape index (κ2) is 7.40. The SMILES string of the molecule is CCOc1cc(Cl)c(C(Cl)Cc2ccccc2C)cc1Cl. The quantitative estimate of drug-likeness (QED) is 0.585. The molecule has 0 saturated heterocycles. The molecule has 0 aliphatic rings. The van der Waals surface area contributed by atoms with Gasteiger partial charge in [-0.1, -0.05) is 47.5 Å². The van der Waals surface area contributed by atoms with Crippen molar-refractivity contribution in [2.45, 2.75) is 25.6 Å². The topological polar surface area (TPSA) is 9.23 Å². The monoisotopic (exact) mass is 342 g/mol. The molecule has 0 heterocycles. The van der Waals surface area contributed by atoms with Crippen LogP contribution in [0, 0.1) is 6.92 Å². The molecule has 0 radical (unpaired) electrons. The summed E-state index contributed by atoms with van der Waals surface area (Å²) < 4.78 is 5.43. The van der Waals surface area contributed by atoms with E-state index in [2.05, 4.69) is 19.1 Å². The third-order valence-corrected chi connectivity index (χ3v) is 4.36. The summed E-state index contributed by atoms with van der Waals surface area (Å²) in [5.74, 6) is 0.590. The van der Waals surface area contributed by atoms with Crippen molar-refractivity contribution in [2.75, 3.05) is 6.61 Å². The first-order chi connectivity index (χ1) is 10.0. The lowest BCUT2D eigenvalue weighted by molar-refractivity contribution is 0.340. The lowest BCUT2D eigenvalue weighted by Crippen LogP contribution is -2.00. The Hall–Kier alpha value is -0.890. The Balaban J connectivity index is 2.25. The molecule has 1 atom stereocenters. The van der Waals surface area contributed by atoms with Gasteiger partial charge in [0.15, 0.2) is 0 Å². The van der Waals surface area contributed by atoms with Gasteiger partial charge >= 0.3 is 0 Å². The summed E-state index contributed by atoms with van der Waals surface area (Å²) in [5, 5.41) is 0.884. The first-order valence-electron chi connectivity index (χ1n) is 6.83. The predicted molar refractivity (Wildman–Crippen MR) is 91.1 cm³/mol. The summed E-state index contributed by atoms with van der Waals surface area (Å²) in [6.45, 7) is 4.52. The molecule has 0 fully saturated rings. The maximum absolute atomic E-state index is 6.54. The minimum absolute atomic E-state index is 0.230. The fourth-order valence-corrected chi connectivity index (χ4v) is 3.11. The van der Waals surface area contributed by atoms with Gasteiger partial charge in [0.25, 0.3) is 0 Å². The van der Waals surface area contributed by atoms with Gasteiger partial charge in [0.1, 0.15) is 5.75 Å². The van der Waals surface area contributed by atoms with Gasteiger partial charge in [0, 0.05) is 11.1 Å². The van der Waals surface area contributed by atoms with Gasteiger partial charge < -0.3 is 4.74 Å². The van der Waals surface area contributed by atoms with E-state index >= 15 is 0 Å². The van der Waals surface area contributed by atoms with Crippen LogP contribution in [0.5, 0.6) is 5.75 Å². The molecule has 0 aliphatic heterocycles. The van der Waals surface area contributed by atoms with Crippen LogP contribution in [0.1, 0.15) is 29.0 Å². The number of ether oxygens (including phenoxy) is 1. The molecule has 2 aromatic rings. The highest BCUT2D eigenvalue weighted by atomic mass is 35.5. The smallest absolute Gasteiger partial charge is 0.139 e. The van der Waals surface area contributed by atoms with Crippen molar-refractivity contribution >= 4 is 34.8 Å². The molecule has 4 heteroatoms. The number of hydrogen-bond acceptors (Lipinski definition) is 1. The number of benzene rings is 2. The van der Waals surface area contributed by atoms with Gasteiger partial charge in [-0.15, -0.1) is 11.6 Å². The molecule has 0 amide bonds. The zero-order valence-electron chi connectivity index (χ0n) is 12.0. The Labute approximate surface area is 140 Å². The predicted octanol–water partition coefficient (Wildman–Crippen LogP) is 6.22. The summed E-state index contributed by atoms with van der Waals surface area (Å²) in [6.07, 6.45) is 0.707. The Morgan fingerprint density at radius 2 is 1.81 bits per heavy atom. The van der Waals surface area contributed by atoms with Crippen LogP contribution in [0.2, 0.25) is 10.0 Å². The summed E-state index contributed by atoms with van der Waals surface area (Å²) in [4.78, 5) is 0. The zero-order chi connectivity index (χ0) is 15.4. The minimum atomic E-state index is -0.230. The summed E-state index contributed by atoms with van der Waals surface area (Å²) in [6, 6.07) is 11.7. The van der Waals surface area contributed by atoms with Gasteiger partial charge in [0.2, 0.25) is 0 Å². The molecule has 0 aliphatic carbocycles.